The van der Waals surface area contributed by atoms with Gasteiger partial charge in [0.25, 0.3) is 0 Å². The van der Waals surface area contributed by atoms with Crippen molar-refractivity contribution in [2.24, 2.45) is 12.0 Å². The zero-order valence-corrected chi connectivity index (χ0v) is 20.4. The van der Waals surface area contributed by atoms with E-state index in [2.05, 4.69) is 59.3 Å². The zero-order chi connectivity index (χ0) is 19.1. The van der Waals surface area contributed by atoms with Crippen LogP contribution in [-0.4, -0.2) is 65.8 Å². The van der Waals surface area contributed by atoms with Gasteiger partial charge < -0.3 is 15.1 Å². The van der Waals surface area contributed by atoms with E-state index >= 15 is 0 Å². The van der Waals surface area contributed by atoms with E-state index in [1.54, 1.807) is 0 Å². The minimum absolute atomic E-state index is 0. The summed E-state index contributed by atoms with van der Waals surface area (Å²) < 4.78 is 1.91. The van der Waals surface area contributed by atoms with Crippen LogP contribution in [0.4, 0.5) is 0 Å². The first-order valence-corrected chi connectivity index (χ1v) is 10.1. The van der Waals surface area contributed by atoms with Gasteiger partial charge in [0, 0.05) is 58.6 Å². The maximum absolute atomic E-state index is 4.61. The van der Waals surface area contributed by atoms with Crippen molar-refractivity contribution in [3.8, 4) is 0 Å². The summed E-state index contributed by atoms with van der Waals surface area (Å²) >= 11 is 0. The van der Waals surface area contributed by atoms with Crippen molar-refractivity contribution in [1.82, 2.24) is 24.9 Å². The van der Waals surface area contributed by atoms with Gasteiger partial charge in [0.15, 0.2) is 5.96 Å². The molecule has 1 aromatic heterocycles. The zero-order valence-electron chi connectivity index (χ0n) is 18.0. The first kappa shape index (κ1) is 24.2. The highest BCUT2D eigenvalue weighted by molar-refractivity contribution is 14.0. The van der Waals surface area contributed by atoms with E-state index in [9.17, 15) is 0 Å². The van der Waals surface area contributed by atoms with Crippen LogP contribution in [0, 0.1) is 0 Å². The molecule has 1 saturated carbocycles. The van der Waals surface area contributed by atoms with Crippen LogP contribution in [0.25, 0.3) is 0 Å². The summed E-state index contributed by atoms with van der Waals surface area (Å²) in [6.07, 6.45) is 9.00. The molecule has 0 bridgehead atoms. The smallest absolute Gasteiger partial charge is 0.193 e. The summed E-state index contributed by atoms with van der Waals surface area (Å²) in [7, 11) is 8.20. The van der Waals surface area contributed by atoms with Gasteiger partial charge in [0.1, 0.15) is 0 Å². The first-order valence-electron chi connectivity index (χ1n) is 10.1. The summed E-state index contributed by atoms with van der Waals surface area (Å²) in [5.41, 5.74) is 2.44. The average Bonchev–Trinajstić information content (AvgIpc) is 2.99. The molecule has 2 rings (SSSR count). The molecule has 0 aliphatic heterocycles. The maximum Gasteiger partial charge on any atom is 0.193 e. The van der Waals surface area contributed by atoms with Crippen molar-refractivity contribution in [3.63, 3.8) is 0 Å². The molecular weight excluding hydrogens is 451 g/mol. The topological polar surface area (TPSA) is 48.7 Å². The van der Waals surface area contributed by atoms with Gasteiger partial charge in [-0.05, 0) is 25.8 Å². The normalized spacial score (nSPS) is 15.9. The molecule has 0 aromatic carbocycles. The summed E-state index contributed by atoms with van der Waals surface area (Å²) in [5, 5.41) is 8.13. The monoisotopic (exact) mass is 490 g/mol. The molecule has 0 saturated heterocycles. The molecule has 0 amide bonds. The lowest BCUT2D eigenvalue weighted by Crippen LogP contribution is -2.43. The fraction of sp³-hybridized carbons (Fsp3) is 0.800. The number of nitrogens with zero attached hydrogens (tertiary/aromatic N) is 5. The molecule has 0 unspecified atom stereocenters. The quantitative estimate of drug-likeness (QED) is 0.362. The van der Waals surface area contributed by atoms with Crippen LogP contribution in [0.3, 0.4) is 0 Å². The number of aliphatic imine (C=N–C) groups is 1. The number of hydrogen-bond acceptors (Lipinski definition) is 3. The second-order valence-corrected chi connectivity index (χ2v) is 7.97. The van der Waals surface area contributed by atoms with Crippen molar-refractivity contribution in [2.75, 3.05) is 34.2 Å². The molecule has 1 aromatic rings. The van der Waals surface area contributed by atoms with Crippen molar-refractivity contribution < 1.29 is 0 Å². The van der Waals surface area contributed by atoms with E-state index in [1.807, 2.05) is 18.8 Å². The van der Waals surface area contributed by atoms with Crippen LogP contribution in [0.1, 0.15) is 63.1 Å². The van der Waals surface area contributed by atoms with Crippen LogP contribution in [0.15, 0.2) is 11.2 Å². The molecule has 6 nitrogen and oxygen atoms in total. The fourth-order valence-electron chi connectivity index (χ4n) is 3.93. The molecule has 1 N–H and O–H groups in total. The largest absolute Gasteiger partial charge is 0.355 e. The van der Waals surface area contributed by atoms with E-state index in [0.717, 1.165) is 31.6 Å². The third-order valence-electron chi connectivity index (χ3n) is 5.41. The van der Waals surface area contributed by atoms with Crippen LogP contribution < -0.4 is 5.32 Å². The van der Waals surface area contributed by atoms with E-state index in [-0.39, 0.29) is 24.0 Å². The molecule has 1 fully saturated rings. The van der Waals surface area contributed by atoms with Crippen molar-refractivity contribution in [3.05, 3.63) is 17.5 Å². The molecule has 7 heteroatoms. The van der Waals surface area contributed by atoms with E-state index in [4.69, 9.17) is 0 Å². The fourth-order valence-corrected chi connectivity index (χ4v) is 3.93. The number of likely N-dealkylation sites (N-methyl/N-ethyl adjacent to an activating group) is 1. The van der Waals surface area contributed by atoms with Crippen LogP contribution >= 0.6 is 24.0 Å². The number of nitrogens with one attached hydrogen (secondary N) is 1. The number of aryl methyl sites for hydroxylation is 1. The Balaban J connectivity index is 0.00000364. The summed E-state index contributed by atoms with van der Waals surface area (Å²) in [6.45, 7) is 7.19. The lowest BCUT2D eigenvalue weighted by Gasteiger charge is -2.31. The Hall–Kier alpha value is -0.830. The molecule has 0 radical (unpaired) electrons. The van der Waals surface area contributed by atoms with Crippen molar-refractivity contribution in [2.45, 2.75) is 64.5 Å². The Labute approximate surface area is 182 Å². The minimum Gasteiger partial charge on any atom is -0.355 e. The summed E-state index contributed by atoms with van der Waals surface area (Å²) in [4.78, 5) is 9.16. The van der Waals surface area contributed by atoms with Crippen LogP contribution in [-0.2, 0) is 13.6 Å². The standard InChI is InChI=1S/C20H38N6.HI/c1-16(2)19-17(15-26(6)23-19)14-25(5)20(21-3)22-12-13-24(4)18-10-8-7-9-11-18;/h15-16,18H,7-14H2,1-6H3,(H,21,22);1H. The highest BCUT2D eigenvalue weighted by atomic mass is 127. The number of guanidine groups is 1. The molecule has 1 aliphatic rings. The highest BCUT2D eigenvalue weighted by Gasteiger charge is 2.18. The third kappa shape index (κ3) is 7.25. The second kappa shape index (κ2) is 11.9. The molecule has 1 heterocycles. The SMILES string of the molecule is CN=C(NCCN(C)C1CCCCC1)N(C)Cc1cn(C)nc1C(C)C.I. The summed E-state index contributed by atoms with van der Waals surface area (Å²) in [6, 6.07) is 0.759. The highest BCUT2D eigenvalue weighted by Crippen LogP contribution is 2.21. The molecular formula is C20H39IN6. The van der Waals surface area contributed by atoms with Crippen LogP contribution in [0.2, 0.25) is 0 Å². The van der Waals surface area contributed by atoms with E-state index in [0.29, 0.717) is 5.92 Å². The third-order valence-corrected chi connectivity index (χ3v) is 5.41. The maximum atomic E-state index is 4.61. The van der Waals surface area contributed by atoms with Gasteiger partial charge in [-0.2, -0.15) is 5.10 Å². The van der Waals surface area contributed by atoms with Gasteiger partial charge in [0.05, 0.1) is 5.69 Å². The predicted molar refractivity (Wildman–Crippen MR) is 125 cm³/mol. The molecule has 27 heavy (non-hydrogen) atoms. The number of halogens is 1. The van der Waals surface area contributed by atoms with Gasteiger partial charge in [-0.3, -0.25) is 9.67 Å². The Kier molecular flexibility index (Phi) is 10.7. The van der Waals surface area contributed by atoms with E-state index < -0.39 is 0 Å². The molecule has 1 aliphatic carbocycles. The number of rotatable bonds is 7. The van der Waals surface area contributed by atoms with Gasteiger partial charge in [-0.25, -0.2) is 0 Å². The van der Waals surface area contributed by atoms with Gasteiger partial charge in [-0.15, -0.1) is 24.0 Å². The molecule has 0 spiro atoms. The van der Waals surface area contributed by atoms with Gasteiger partial charge >= 0.3 is 0 Å². The van der Waals surface area contributed by atoms with Gasteiger partial charge in [0.2, 0.25) is 0 Å². The summed E-state index contributed by atoms with van der Waals surface area (Å²) in [5.74, 6) is 1.37. The average molecular weight is 490 g/mol. The predicted octanol–water partition coefficient (Wildman–Crippen LogP) is 3.43. The van der Waals surface area contributed by atoms with Gasteiger partial charge in [-0.1, -0.05) is 33.1 Å². The Morgan fingerprint density at radius 1 is 1.30 bits per heavy atom. The first-order chi connectivity index (χ1) is 12.4. The van der Waals surface area contributed by atoms with E-state index in [1.165, 1.54) is 43.4 Å². The Morgan fingerprint density at radius 3 is 2.56 bits per heavy atom. The lowest BCUT2D eigenvalue weighted by molar-refractivity contribution is 0.194. The lowest BCUT2D eigenvalue weighted by atomic mass is 9.94. The van der Waals surface area contributed by atoms with Crippen molar-refractivity contribution >= 4 is 29.9 Å². The molecule has 0 atom stereocenters. The van der Waals surface area contributed by atoms with Crippen LogP contribution in [0.5, 0.6) is 0 Å². The number of aromatic nitrogens is 2. The Morgan fingerprint density at radius 2 is 1.96 bits per heavy atom. The minimum atomic E-state index is 0. The molecule has 156 valence electrons. The number of hydrogen-bond donors (Lipinski definition) is 1. The second-order valence-electron chi connectivity index (χ2n) is 7.97. The Bertz CT molecular complexity index is 577. The van der Waals surface area contributed by atoms with Crippen molar-refractivity contribution in [1.29, 1.82) is 0 Å².